The summed E-state index contributed by atoms with van der Waals surface area (Å²) in [6, 6.07) is 0. The average Bonchev–Trinajstić information content (AvgIpc) is 3.05. The lowest BCUT2D eigenvalue weighted by Crippen LogP contribution is -2.45. The molecular formula is C13H22N4O3. The maximum atomic E-state index is 12.0. The van der Waals surface area contributed by atoms with Gasteiger partial charge in [0.15, 0.2) is 0 Å². The Labute approximate surface area is 118 Å². The topological polar surface area (TPSA) is 89.1 Å². The van der Waals surface area contributed by atoms with Crippen molar-refractivity contribution in [3.8, 4) is 0 Å². The molecule has 1 amide bonds. The number of nitrogens with zero attached hydrogens (tertiary/aromatic N) is 2. The molecule has 1 saturated heterocycles. The number of rotatable bonds is 4. The molecule has 1 aromatic heterocycles. The molecule has 1 aliphatic rings. The van der Waals surface area contributed by atoms with Crippen LogP contribution in [-0.4, -0.2) is 53.6 Å². The molecule has 0 bridgehead atoms. The van der Waals surface area contributed by atoms with E-state index in [0.717, 1.165) is 6.42 Å². The van der Waals surface area contributed by atoms with Crippen LogP contribution in [-0.2, 0) is 14.9 Å². The Hall–Kier alpha value is -1.47. The van der Waals surface area contributed by atoms with Crippen LogP contribution in [0.5, 0.6) is 0 Å². The van der Waals surface area contributed by atoms with E-state index in [1.54, 1.807) is 7.11 Å². The summed E-state index contributed by atoms with van der Waals surface area (Å²) in [7, 11) is 1.63. The second-order valence-electron chi connectivity index (χ2n) is 6.13. The SMILES string of the molecule is COC1(CNC(=O)c2n[nH]c(C(C)(C)C)n2)CCOC1. The molecule has 20 heavy (non-hydrogen) atoms. The van der Waals surface area contributed by atoms with Crippen LogP contribution < -0.4 is 5.32 Å². The summed E-state index contributed by atoms with van der Waals surface area (Å²) < 4.78 is 10.8. The van der Waals surface area contributed by atoms with Gasteiger partial charge in [-0.15, -0.1) is 5.10 Å². The van der Waals surface area contributed by atoms with Crippen molar-refractivity contribution < 1.29 is 14.3 Å². The number of carbonyl (C=O) groups excluding carboxylic acids is 1. The van der Waals surface area contributed by atoms with Crippen LogP contribution in [0.4, 0.5) is 0 Å². The summed E-state index contributed by atoms with van der Waals surface area (Å²) in [5.41, 5.74) is -0.600. The summed E-state index contributed by atoms with van der Waals surface area (Å²) >= 11 is 0. The number of carbonyl (C=O) groups is 1. The number of aromatic nitrogens is 3. The van der Waals surface area contributed by atoms with E-state index < -0.39 is 5.60 Å². The molecule has 2 heterocycles. The van der Waals surface area contributed by atoms with E-state index in [0.29, 0.717) is 25.6 Å². The van der Waals surface area contributed by atoms with Crippen molar-refractivity contribution in [2.24, 2.45) is 0 Å². The third kappa shape index (κ3) is 3.16. The Morgan fingerprint density at radius 3 is 2.80 bits per heavy atom. The van der Waals surface area contributed by atoms with E-state index in [-0.39, 0.29) is 17.1 Å². The normalized spacial score (nSPS) is 23.0. The lowest BCUT2D eigenvalue weighted by Gasteiger charge is -2.25. The van der Waals surface area contributed by atoms with Gasteiger partial charge in [-0.2, -0.15) is 0 Å². The Balaban J connectivity index is 1.97. The summed E-state index contributed by atoms with van der Waals surface area (Å²) in [5, 5.41) is 9.56. The van der Waals surface area contributed by atoms with Gasteiger partial charge in [-0.3, -0.25) is 9.89 Å². The van der Waals surface area contributed by atoms with Crippen LogP contribution >= 0.6 is 0 Å². The van der Waals surface area contributed by atoms with E-state index in [1.165, 1.54) is 0 Å². The van der Waals surface area contributed by atoms with Crippen molar-refractivity contribution >= 4 is 5.91 Å². The number of aromatic amines is 1. The lowest BCUT2D eigenvalue weighted by atomic mass is 9.96. The minimum absolute atomic E-state index is 0.153. The van der Waals surface area contributed by atoms with Gasteiger partial charge in [-0.05, 0) is 0 Å². The zero-order chi connectivity index (χ0) is 14.8. The smallest absolute Gasteiger partial charge is 0.291 e. The van der Waals surface area contributed by atoms with Crippen LogP contribution in [0.15, 0.2) is 0 Å². The highest BCUT2D eigenvalue weighted by molar-refractivity contribution is 5.90. The van der Waals surface area contributed by atoms with Crippen LogP contribution in [0.2, 0.25) is 0 Å². The van der Waals surface area contributed by atoms with Crippen LogP contribution in [0.1, 0.15) is 43.6 Å². The molecule has 112 valence electrons. The summed E-state index contributed by atoms with van der Waals surface area (Å²) in [6.45, 7) is 7.55. The number of amides is 1. The molecule has 7 heteroatoms. The maximum Gasteiger partial charge on any atom is 0.291 e. The van der Waals surface area contributed by atoms with E-state index in [9.17, 15) is 4.79 Å². The van der Waals surface area contributed by atoms with Crippen molar-refractivity contribution in [2.45, 2.75) is 38.2 Å². The molecule has 0 spiro atoms. The summed E-state index contributed by atoms with van der Waals surface area (Å²) in [5.74, 6) is 0.536. The Kier molecular flexibility index (Phi) is 4.10. The first kappa shape index (κ1) is 14.9. The molecule has 1 unspecified atom stereocenters. The standard InChI is InChI=1S/C13H22N4O3/c1-12(2,3)11-15-9(16-17-11)10(18)14-7-13(19-4)5-6-20-8-13/h5-8H2,1-4H3,(H,14,18)(H,15,16,17). The van der Waals surface area contributed by atoms with E-state index in [2.05, 4.69) is 20.5 Å². The zero-order valence-corrected chi connectivity index (χ0v) is 12.4. The third-order valence-electron chi connectivity index (χ3n) is 3.47. The molecular weight excluding hydrogens is 260 g/mol. The molecule has 0 aromatic carbocycles. The lowest BCUT2D eigenvalue weighted by molar-refractivity contribution is -0.0149. The van der Waals surface area contributed by atoms with Crippen molar-refractivity contribution in [1.29, 1.82) is 0 Å². The molecule has 2 N–H and O–H groups in total. The molecule has 0 aliphatic carbocycles. The minimum Gasteiger partial charge on any atom is -0.378 e. The molecule has 1 aromatic rings. The molecule has 0 radical (unpaired) electrons. The fourth-order valence-electron chi connectivity index (χ4n) is 1.98. The fourth-order valence-corrected chi connectivity index (χ4v) is 1.98. The number of nitrogens with one attached hydrogen (secondary N) is 2. The first-order valence-corrected chi connectivity index (χ1v) is 6.70. The maximum absolute atomic E-state index is 12.0. The number of H-pyrrole nitrogens is 1. The average molecular weight is 282 g/mol. The van der Waals surface area contributed by atoms with Gasteiger partial charge in [-0.25, -0.2) is 4.98 Å². The summed E-state index contributed by atoms with van der Waals surface area (Å²) in [4.78, 5) is 16.3. The predicted octanol–water partition coefficient (Wildman–Crippen LogP) is 0.637. The second kappa shape index (κ2) is 5.49. The van der Waals surface area contributed by atoms with E-state index in [1.807, 2.05) is 20.8 Å². The van der Waals surface area contributed by atoms with Crippen molar-refractivity contribution in [1.82, 2.24) is 20.5 Å². The van der Waals surface area contributed by atoms with Crippen LogP contribution in [0.25, 0.3) is 0 Å². The third-order valence-corrected chi connectivity index (χ3v) is 3.47. The van der Waals surface area contributed by atoms with E-state index in [4.69, 9.17) is 9.47 Å². The number of methoxy groups -OCH3 is 1. The van der Waals surface area contributed by atoms with Gasteiger partial charge < -0.3 is 14.8 Å². The number of hydrogen-bond acceptors (Lipinski definition) is 5. The Morgan fingerprint density at radius 1 is 1.55 bits per heavy atom. The van der Waals surface area contributed by atoms with Gasteiger partial charge in [0.1, 0.15) is 11.4 Å². The highest BCUT2D eigenvalue weighted by Gasteiger charge is 2.35. The molecule has 1 fully saturated rings. The molecule has 7 nitrogen and oxygen atoms in total. The van der Waals surface area contributed by atoms with Gasteiger partial charge in [0.2, 0.25) is 5.82 Å². The predicted molar refractivity (Wildman–Crippen MR) is 72.6 cm³/mol. The minimum atomic E-state index is -0.432. The van der Waals surface area contributed by atoms with Crippen molar-refractivity contribution in [3.05, 3.63) is 11.6 Å². The van der Waals surface area contributed by atoms with Gasteiger partial charge in [0.25, 0.3) is 5.91 Å². The van der Waals surface area contributed by atoms with Gasteiger partial charge in [-0.1, -0.05) is 20.8 Å². The van der Waals surface area contributed by atoms with Gasteiger partial charge >= 0.3 is 0 Å². The van der Waals surface area contributed by atoms with Crippen LogP contribution in [0.3, 0.4) is 0 Å². The molecule has 0 saturated carbocycles. The Morgan fingerprint density at radius 2 is 2.30 bits per heavy atom. The molecule has 2 rings (SSSR count). The fraction of sp³-hybridized carbons (Fsp3) is 0.769. The largest absolute Gasteiger partial charge is 0.378 e. The quantitative estimate of drug-likeness (QED) is 0.846. The zero-order valence-electron chi connectivity index (χ0n) is 12.4. The van der Waals surface area contributed by atoms with Gasteiger partial charge in [0, 0.05) is 32.1 Å². The van der Waals surface area contributed by atoms with Crippen LogP contribution in [0, 0.1) is 0 Å². The van der Waals surface area contributed by atoms with Crippen molar-refractivity contribution in [3.63, 3.8) is 0 Å². The first-order valence-electron chi connectivity index (χ1n) is 6.70. The Bertz CT molecular complexity index is 472. The highest BCUT2D eigenvalue weighted by atomic mass is 16.5. The van der Waals surface area contributed by atoms with Crippen molar-refractivity contribution in [2.75, 3.05) is 26.9 Å². The number of ether oxygens (including phenoxy) is 2. The molecule has 1 atom stereocenters. The second-order valence-corrected chi connectivity index (χ2v) is 6.13. The highest BCUT2D eigenvalue weighted by Crippen LogP contribution is 2.21. The summed E-state index contributed by atoms with van der Waals surface area (Å²) in [6.07, 6.45) is 0.769. The molecule has 1 aliphatic heterocycles. The van der Waals surface area contributed by atoms with E-state index >= 15 is 0 Å². The monoisotopic (exact) mass is 282 g/mol. The van der Waals surface area contributed by atoms with Gasteiger partial charge in [0.05, 0.1) is 6.61 Å². The number of hydrogen-bond donors (Lipinski definition) is 2. The first-order chi connectivity index (χ1) is 9.36.